The van der Waals surface area contributed by atoms with Gasteiger partial charge in [0.1, 0.15) is 0 Å². The Balaban J connectivity index is 1.72. The van der Waals surface area contributed by atoms with Crippen molar-refractivity contribution in [3.05, 3.63) is 64.1 Å². The van der Waals surface area contributed by atoms with E-state index in [1.54, 1.807) is 23.9 Å². The molecule has 0 atom stereocenters. The van der Waals surface area contributed by atoms with Crippen LogP contribution in [-0.2, 0) is 27.1 Å². The van der Waals surface area contributed by atoms with Gasteiger partial charge in [-0.1, -0.05) is 40.2 Å². The second-order valence-electron chi connectivity index (χ2n) is 5.61. The summed E-state index contributed by atoms with van der Waals surface area (Å²) in [7, 11) is -1.87. The third kappa shape index (κ3) is 7.49. The number of carbonyl (C=O) groups is 1. The molecule has 26 heavy (non-hydrogen) atoms. The molecule has 2 aromatic rings. The number of benzene rings is 2. The van der Waals surface area contributed by atoms with Crippen molar-refractivity contribution in [2.24, 2.45) is 0 Å². The quantitative estimate of drug-likeness (QED) is 0.567. The second-order valence-corrected chi connectivity index (χ2v) is 9.62. The van der Waals surface area contributed by atoms with Crippen LogP contribution in [0.4, 0.5) is 0 Å². The van der Waals surface area contributed by atoms with Crippen molar-refractivity contribution in [3.8, 4) is 0 Å². The Bertz CT molecular complexity index is 823. The summed E-state index contributed by atoms with van der Waals surface area (Å²) in [6.07, 6.45) is 0.444. The van der Waals surface area contributed by atoms with Gasteiger partial charge in [-0.25, -0.2) is 13.1 Å². The van der Waals surface area contributed by atoms with Crippen LogP contribution >= 0.6 is 27.7 Å². The van der Waals surface area contributed by atoms with Crippen molar-refractivity contribution in [1.82, 2.24) is 10.0 Å². The van der Waals surface area contributed by atoms with Gasteiger partial charge < -0.3 is 5.32 Å². The minimum absolute atomic E-state index is 0.00329. The third-order valence-electron chi connectivity index (χ3n) is 3.59. The maximum atomic E-state index is 11.9. The van der Waals surface area contributed by atoms with E-state index < -0.39 is 10.0 Å². The molecule has 0 saturated carbocycles. The van der Waals surface area contributed by atoms with E-state index in [1.807, 2.05) is 36.4 Å². The maximum Gasteiger partial charge on any atom is 0.221 e. The summed E-state index contributed by atoms with van der Waals surface area (Å²) in [5.74, 6) is 0.661. The van der Waals surface area contributed by atoms with Crippen LogP contribution in [0.5, 0.6) is 0 Å². The van der Waals surface area contributed by atoms with E-state index in [2.05, 4.69) is 26.0 Å². The summed E-state index contributed by atoms with van der Waals surface area (Å²) in [6.45, 7) is 0.431. The molecule has 0 heterocycles. The molecule has 5 nitrogen and oxygen atoms in total. The lowest BCUT2D eigenvalue weighted by atomic mass is 10.1. The molecule has 8 heteroatoms. The Morgan fingerprint density at radius 3 is 2.27 bits per heavy atom. The number of rotatable bonds is 9. The van der Waals surface area contributed by atoms with Gasteiger partial charge in [-0.2, -0.15) is 0 Å². The molecule has 0 aliphatic rings. The molecule has 0 fully saturated rings. The highest BCUT2D eigenvalue weighted by Gasteiger charge is 2.08. The molecular weight excluding hydrogens is 436 g/mol. The largest absolute Gasteiger partial charge is 0.352 e. The molecule has 140 valence electrons. The zero-order chi connectivity index (χ0) is 19.0. The summed E-state index contributed by atoms with van der Waals surface area (Å²) in [4.78, 5) is 13.1. The Morgan fingerprint density at radius 2 is 1.65 bits per heavy atom. The van der Waals surface area contributed by atoms with E-state index in [0.29, 0.717) is 24.3 Å². The van der Waals surface area contributed by atoms with Crippen LogP contribution in [0.1, 0.15) is 17.5 Å². The van der Waals surface area contributed by atoms with Crippen molar-refractivity contribution in [1.29, 1.82) is 0 Å². The number of hydrogen-bond acceptors (Lipinski definition) is 4. The molecule has 0 unspecified atom stereocenters. The van der Waals surface area contributed by atoms with Gasteiger partial charge >= 0.3 is 0 Å². The first-order chi connectivity index (χ1) is 12.4. The first-order valence-corrected chi connectivity index (χ1v) is 11.4. The molecule has 0 aliphatic carbocycles. The standard InChI is InChI=1S/C18H21BrN2O3S2/c1-20-26(23,24)13-15-4-2-14(3-5-15)12-21-18(22)10-11-25-17-8-6-16(19)7-9-17/h2-9,20H,10-13H2,1H3,(H,21,22). The smallest absolute Gasteiger partial charge is 0.221 e. The first-order valence-electron chi connectivity index (χ1n) is 8.02. The van der Waals surface area contributed by atoms with Gasteiger partial charge in [-0.3, -0.25) is 4.79 Å². The number of sulfonamides is 1. The van der Waals surface area contributed by atoms with Gasteiger partial charge in [0, 0.05) is 28.1 Å². The number of hydrogen-bond donors (Lipinski definition) is 2. The van der Waals surface area contributed by atoms with Gasteiger partial charge in [-0.15, -0.1) is 11.8 Å². The highest BCUT2D eigenvalue weighted by atomic mass is 79.9. The van der Waals surface area contributed by atoms with E-state index in [0.717, 1.165) is 14.9 Å². The predicted molar refractivity (Wildman–Crippen MR) is 109 cm³/mol. The van der Waals surface area contributed by atoms with E-state index in [9.17, 15) is 13.2 Å². The Kier molecular flexibility index (Phi) is 8.15. The molecule has 2 N–H and O–H groups in total. The van der Waals surface area contributed by atoms with E-state index in [4.69, 9.17) is 0 Å². The van der Waals surface area contributed by atoms with Crippen molar-refractivity contribution in [3.63, 3.8) is 0 Å². The predicted octanol–water partition coefficient (Wildman–Crippen LogP) is 3.30. The molecule has 0 bridgehead atoms. The Morgan fingerprint density at radius 1 is 1.04 bits per heavy atom. The monoisotopic (exact) mass is 456 g/mol. The molecule has 2 aromatic carbocycles. The van der Waals surface area contributed by atoms with Crippen LogP contribution in [0, 0.1) is 0 Å². The summed E-state index contributed by atoms with van der Waals surface area (Å²) < 4.78 is 26.4. The summed E-state index contributed by atoms with van der Waals surface area (Å²) in [6, 6.07) is 15.2. The number of halogens is 1. The van der Waals surface area contributed by atoms with Crippen molar-refractivity contribution in [2.45, 2.75) is 23.6 Å². The minimum atomic E-state index is -3.27. The molecule has 2 rings (SSSR count). The first kappa shape index (κ1) is 21.0. The zero-order valence-electron chi connectivity index (χ0n) is 14.4. The van der Waals surface area contributed by atoms with Gasteiger partial charge in [0.05, 0.1) is 5.75 Å². The fourth-order valence-electron chi connectivity index (χ4n) is 2.13. The molecule has 0 aliphatic heterocycles. The lowest BCUT2D eigenvalue weighted by Gasteiger charge is -2.07. The van der Waals surface area contributed by atoms with Crippen molar-refractivity contribution in [2.75, 3.05) is 12.8 Å². The van der Waals surface area contributed by atoms with Crippen LogP contribution in [-0.4, -0.2) is 27.1 Å². The normalized spacial score (nSPS) is 11.3. The third-order valence-corrected chi connectivity index (χ3v) is 6.47. The van der Waals surface area contributed by atoms with Crippen LogP contribution in [0.15, 0.2) is 57.9 Å². The number of nitrogens with one attached hydrogen (secondary N) is 2. The second kappa shape index (κ2) is 10.1. The van der Waals surface area contributed by atoms with Gasteiger partial charge in [0.2, 0.25) is 15.9 Å². The number of amides is 1. The highest BCUT2D eigenvalue weighted by molar-refractivity contribution is 9.10. The van der Waals surface area contributed by atoms with Gasteiger partial charge in [0.15, 0.2) is 0 Å². The van der Waals surface area contributed by atoms with Crippen LogP contribution < -0.4 is 10.0 Å². The molecule has 0 spiro atoms. The van der Waals surface area contributed by atoms with Gasteiger partial charge in [0.25, 0.3) is 0 Å². The fraction of sp³-hybridized carbons (Fsp3) is 0.278. The van der Waals surface area contributed by atoms with Crippen molar-refractivity contribution < 1.29 is 13.2 Å². The summed E-state index contributed by atoms with van der Waals surface area (Å²) in [5, 5.41) is 2.88. The lowest BCUT2D eigenvalue weighted by molar-refractivity contribution is -0.120. The van der Waals surface area contributed by atoms with Crippen LogP contribution in [0.2, 0.25) is 0 Å². The zero-order valence-corrected chi connectivity index (χ0v) is 17.6. The SMILES string of the molecule is CNS(=O)(=O)Cc1ccc(CNC(=O)CCSc2ccc(Br)cc2)cc1. The average molecular weight is 457 g/mol. The fourth-order valence-corrected chi connectivity index (χ4v) is 4.02. The molecular formula is C18H21BrN2O3S2. The topological polar surface area (TPSA) is 75.3 Å². The summed E-state index contributed by atoms with van der Waals surface area (Å²) in [5.41, 5.74) is 1.64. The van der Waals surface area contributed by atoms with E-state index in [1.165, 1.54) is 7.05 Å². The molecule has 1 amide bonds. The number of carbonyl (C=O) groups excluding carboxylic acids is 1. The van der Waals surface area contributed by atoms with E-state index >= 15 is 0 Å². The average Bonchev–Trinajstić information content (AvgIpc) is 2.62. The molecule has 0 aromatic heterocycles. The Hall–Kier alpha value is -1.35. The minimum Gasteiger partial charge on any atom is -0.352 e. The van der Waals surface area contributed by atoms with Gasteiger partial charge in [-0.05, 0) is 42.4 Å². The Labute approximate surface area is 167 Å². The highest BCUT2D eigenvalue weighted by Crippen LogP contribution is 2.21. The molecule has 0 radical (unpaired) electrons. The summed E-state index contributed by atoms with van der Waals surface area (Å²) >= 11 is 5.04. The lowest BCUT2D eigenvalue weighted by Crippen LogP contribution is -2.23. The molecule has 0 saturated heterocycles. The number of thioether (sulfide) groups is 1. The van der Waals surface area contributed by atoms with Crippen molar-refractivity contribution >= 4 is 43.6 Å². The van der Waals surface area contributed by atoms with Crippen LogP contribution in [0.25, 0.3) is 0 Å². The maximum absolute atomic E-state index is 11.9. The van der Waals surface area contributed by atoms with Crippen LogP contribution in [0.3, 0.4) is 0 Å². The van der Waals surface area contributed by atoms with E-state index in [-0.39, 0.29) is 11.7 Å².